The Labute approximate surface area is 163 Å². The number of aryl methyl sites for hydroxylation is 1. The van der Waals surface area contributed by atoms with Crippen molar-refractivity contribution in [3.8, 4) is 17.0 Å². The van der Waals surface area contributed by atoms with Crippen LogP contribution in [0.4, 0.5) is 5.95 Å². The van der Waals surface area contributed by atoms with Gasteiger partial charge in [-0.25, -0.2) is 4.98 Å². The van der Waals surface area contributed by atoms with E-state index in [0.29, 0.717) is 25.0 Å². The molecule has 4 aromatic rings. The topological polar surface area (TPSA) is 64.9 Å². The van der Waals surface area contributed by atoms with Crippen LogP contribution < -0.4 is 10.1 Å². The molecule has 0 saturated heterocycles. The van der Waals surface area contributed by atoms with Crippen LogP contribution in [-0.2, 0) is 20.2 Å². The Morgan fingerprint density at radius 2 is 1.82 bits per heavy atom. The van der Waals surface area contributed by atoms with Gasteiger partial charge in [0, 0.05) is 37.6 Å². The van der Waals surface area contributed by atoms with Crippen LogP contribution in [0.25, 0.3) is 11.1 Å². The molecular weight excluding hydrogens is 350 g/mol. The van der Waals surface area contributed by atoms with Crippen molar-refractivity contribution in [3.63, 3.8) is 0 Å². The third-order valence-corrected chi connectivity index (χ3v) is 4.28. The van der Waals surface area contributed by atoms with Crippen molar-refractivity contribution in [3.05, 3.63) is 90.4 Å². The van der Waals surface area contributed by atoms with E-state index in [4.69, 9.17) is 4.74 Å². The SMILES string of the molecule is Cn1cc(-c2cccc(CNc3nccc(OCc4ccccc4)n3)c2)cn1. The van der Waals surface area contributed by atoms with Crippen molar-refractivity contribution in [2.45, 2.75) is 13.2 Å². The summed E-state index contributed by atoms with van der Waals surface area (Å²) in [6.07, 6.45) is 5.56. The Hall–Kier alpha value is -3.67. The van der Waals surface area contributed by atoms with Crippen molar-refractivity contribution >= 4 is 5.95 Å². The van der Waals surface area contributed by atoms with E-state index in [1.165, 1.54) is 0 Å². The van der Waals surface area contributed by atoms with Crippen LogP contribution in [-0.4, -0.2) is 19.7 Å². The molecule has 2 aromatic carbocycles. The lowest BCUT2D eigenvalue weighted by Crippen LogP contribution is -2.05. The predicted octanol–water partition coefficient (Wildman–Crippen LogP) is 4.07. The lowest BCUT2D eigenvalue weighted by atomic mass is 10.1. The fraction of sp³-hybridized carbons (Fsp3) is 0.136. The average molecular weight is 371 g/mol. The number of aromatic nitrogens is 4. The highest BCUT2D eigenvalue weighted by Gasteiger charge is 2.04. The number of hydrogen-bond donors (Lipinski definition) is 1. The maximum Gasteiger partial charge on any atom is 0.226 e. The second-order valence-electron chi connectivity index (χ2n) is 6.45. The van der Waals surface area contributed by atoms with Gasteiger partial charge in [0.2, 0.25) is 11.8 Å². The largest absolute Gasteiger partial charge is 0.473 e. The number of hydrogen-bond acceptors (Lipinski definition) is 5. The lowest BCUT2D eigenvalue weighted by Gasteiger charge is -2.09. The van der Waals surface area contributed by atoms with Gasteiger partial charge in [-0.05, 0) is 22.8 Å². The Kier molecular flexibility index (Phi) is 5.29. The van der Waals surface area contributed by atoms with Gasteiger partial charge in [0.05, 0.1) is 6.20 Å². The zero-order valence-corrected chi connectivity index (χ0v) is 15.6. The van der Waals surface area contributed by atoms with E-state index in [-0.39, 0.29) is 0 Å². The van der Waals surface area contributed by atoms with Crippen molar-refractivity contribution < 1.29 is 4.74 Å². The molecule has 6 heteroatoms. The summed E-state index contributed by atoms with van der Waals surface area (Å²) < 4.78 is 7.56. The quantitative estimate of drug-likeness (QED) is 0.530. The normalized spacial score (nSPS) is 10.6. The molecule has 0 radical (unpaired) electrons. The molecule has 6 nitrogen and oxygen atoms in total. The molecule has 0 atom stereocenters. The third-order valence-electron chi connectivity index (χ3n) is 4.28. The van der Waals surface area contributed by atoms with Gasteiger partial charge < -0.3 is 10.1 Å². The van der Waals surface area contributed by atoms with Crippen molar-refractivity contribution in [2.75, 3.05) is 5.32 Å². The van der Waals surface area contributed by atoms with Crippen molar-refractivity contribution in [2.24, 2.45) is 7.05 Å². The first-order valence-electron chi connectivity index (χ1n) is 9.08. The summed E-state index contributed by atoms with van der Waals surface area (Å²) in [7, 11) is 1.92. The zero-order valence-electron chi connectivity index (χ0n) is 15.6. The van der Waals surface area contributed by atoms with Crippen LogP contribution in [0, 0.1) is 0 Å². The number of nitrogens with one attached hydrogen (secondary N) is 1. The molecule has 0 fully saturated rings. The minimum Gasteiger partial charge on any atom is -0.473 e. The van der Waals surface area contributed by atoms with Gasteiger partial charge in [-0.3, -0.25) is 4.68 Å². The van der Waals surface area contributed by atoms with Gasteiger partial charge in [0.25, 0.3) is 0 Å². The van der Waals surface area contributed by atoms with E-state index in [1.807, 2.05) is 55.8 Å². The summed E-state index contributed by atoms with van der Waals surface area (Å²) >= 11 is 0. The molecule has 0 spiro atoms. The second-order valence-corrected chi connectivity index (χ2v) is 6.45. The Bertz CT molecular complexity index is 1050. The molecule has 0 aliphatic heterocycles. The van der Waals surface area contributed by atoms with Gasteiger partial charge in [0.15, 0.2) is 0 Å². The number of ether oxygens (including phenoxy) is 1. The monoisotopic (exact) mass is 371 g/mol. The molecule has 0 unspecified atom stereocenters. The summed E-state index contributed by atoms with van der Waals surface area (Å²) in [5, 5.41) is 7.49. The highest BCUT2D eigenvalue weighted by Crippen LogP contribution is 2.20. The molecule has 140 valence electrons. The maximum absolute atomic E-state index is 5.76. The minimum atomic E-state index is 0.477. The summed E-state index contributed by atoms with van der Waals surface area (Å²) in [5.74, 6) is 1.09. The minimum absolute atomic E-state index is 0.477. The predicted molar refractivity (Wildman–Crippen MR) is 109 cm³/mol. The molecule has 4 rings (SSSR count). The molecular formula is C22H21N5O. The van der Waals surface area contributed by atoms with Gasteiger partial charge in [-0.2, -0.15) is 10.1 Å². The first kappa shape index (κ1) is 17.7. The second kappa shape index (κ2) is 8.35. The van der Waals surface area contributed by atoms with Crippen LogP contribution in [0.1, 0.15) is 11.1 Å². The number of nitrogens with zero attached hydrogens (tertiary/aromatic N) is 4. The molecule has 0 aliphatic carbocycles. The van der Waals surface area contributed by atoms with E-state index in [0.717, 1.165) is 22.3 Å². The van der Waals surface area contributed by atoms with Gasteiger partial charge in [0.1, 0.15) is 6.61 Å². The van der Waals surface area contributed by atoms with Crippen LogP contribution in [0.3, 0.4) is 0 Å². The average Bonchev–Trinajstić information content (AvgIpc) is 3.18. The van der Waals surface area contributed by atoms with E-state index < -0.39 is 0 Å². The van der Waals surface area contributed by atoms with E-state index >= 15 is 0 Å². The van der Waals surface area contributed by atoms with Crippen molar-refractivity contribution in [1.29, 1.82) is 0 Å². The number of benzene rings is 2. The third kappa shape index (κ3) is 4.54. The lowest BCUT2D eigenvalue weighted by molar-refractivity contribution is 0.294. The zero-order chi connectivity index (χ0) is 19.2. The molecule has 0 aliphatic rings. The molecule has 0 saturated carbocycles. The Balaban J connectivity index is 1.38. The molecule has 2 aromatic heterocycles. The fourth-order valence-corrected chi connectivity index (χ4v) is 2.85. The first-order chi connectivity index (χ1) is 13.8. The van der Waals surface area contributed by atoms with Gasteiger partial charge in [-0.1, -0.05) is 48.5 Å². The number of rotatable bonds is 7. The van der Waals surface area contributed by atoms with Gasteiger partial charge >= 0.3 is 0 Å². The number of anilines is 1. The van der Waals surface area contributed by atoms with Gasteiger partial charge in [-0.15, -0.1) is 0 Å². The Morgan fingerprint density at radius 3 is 2.64 bits per heavy atom. The summed E-state index contributed by atoms with van der Waals surface area (Å²) in [4.78, 5) is 8.71. The fourth-order valence-electron chi connectivity index (χ4n) is 2.85. The first-order valence-corrected chi connectivity index (χ1v) is 9.08. The van der Waals surface area contributed by atoms with E-state index in [2.05, 4.69) is 38.6 Å². The standard InChI is InChI=1S/C22H21N5O/c1-27-15-20(14-25-27)19-9-5-8-18(12-19)13-24-22-23-11-10-21(26-22)28-16-17-6-3-2-4-7-17/h2-12,14-15H,13,16H2,1H3,(H,23,24,26). The summed E-state index contributed by atoms with van der Waals surface area (Å²) in [5.41, 5.74) is 4.47. The van der Waals surface area contributed by atoms with Crippen LogP contribution in [0.15, 0.2) is 79.3 Å². The molecule has 0 amide bonds. The maximum atomic E-state index is 5.76. The molecule has 28 heavy (non-hydrogen) atoms. The highest BCUT2D eigenvalue weighted by molar-refractivity contribution is 5.62. The molecule has 2 heterocycles. The summed E-state index contributed by atoms with van der Waals surface area (Å²) in [6.45, 7) is 1.10. The van der Waals surface area contributed by atoms with E-state index in [1.54, 1.807) is 16.9 Å². The highest BCUT2D eigenvalue weighted by atomic mass is 16.5. The van der Waals surface area contributed by atoms with Crippen LogP contribution in [0.2, 0.25) is 0 Å². The van der Waals surface area contributed by atoms with Crippen LogP contribution >= 0.6 is 0 Å². The van der Waals surface area contributed by atoms with Crippen molar-refractivity contribution in [1.82, 2.24) is 19.7 Å². The summed E-state index contributed by atoms with van der Waals surface area (Å²) in [6, 6.07) is 20.1. The van der Waals surface area contributed by atoms with E-state index in [9.17, 15) is 0 Å². The Morgan fingerprint density at radius 1 is 0.964 bits per heavy atom. The molecule has 0 bridgehead atoms. The molecule has 1 N–H and O–H groups in total. The smallest absolute Gasteiger partial charge is 0.226 e. The van der Waals surface area contributed by atoms with Crippen LogP contribution in [0.5, 0.6) is 5.88 Å².